The molecule has 0 amide bonds. The number of hydrogen-bond donors (Lipinski definition) is 2. The van der Waals surface area contributed by atoms with Crippen molar-refractivity contribution in [3.63, 3.8) is 0 Å². The van der Waals surface area contributed by atoms with Crippen molar-refractivity contribution < 1.29 is 4.39 Å². The first-order valence-corrected chi connectivity index (χ1v) is 8.06. The van der Waals surface area contributed by atoms with E-state index in [1.807, 2.05) is 24.3 Å². The minimum atomic E-state index is -0.176. The largest absolute Gasteiger partial charge is 0.399 e. The van der Waals surface area contributed by atoms with Gasteiger partial charge >= 0.3 is 0 Å². The Kier molecular flexibility index (Phi) is 6.36. The molecular formula is C20H25FN2. The predicted octanol–water partition coefficient (Wildman–Crippen LogP) is 3.91. The normalized spacial score (nSPS) is 12.1. The van der Waals surface area contributed by atoms with Crippen LogP contribution < -0.4 is 11.1 Å². The topological polar surface area (TPSA) is 38.0 Å². The number of nitrogens with two attached hydrogens (primary N) is 1. The molecule has 2 rings (SSSR count). The van der Waals surface area contributed by atoms with Crippen LogP contribution in [0.2, 0.25) is 0 Å². The monoisotopic (exact) mass is 312 g/mol. The van der Waals surface area contributed by atoms with Gasteiger partial charge in [0.05, 0.1) is 0 Å². The first kappa shape index (κ1) is 17.2. The lowest BCUT2D eigenvalue weighted by Gasteiger charge is -2.14. The summed E-state index contributed by atoms with van der Waals surface area (Å²) in [4.78, 5) is 0. The molecule has 0 bridgehead atoms. The number of benzene rings is 2. The summed E-state index contributed by atoms with van der Waals surface area (Å²) in [5.41, 5.74) is 9.72. The van der Waals surface area contributed by atoms with Crippen molar-refractivity contribution in [2.24, 2.45) is 5.73 Å². The SMILES string of the molecule is C=C(N)c1ccc(CC(C)NCCCc2ccc(F)cc2)cc1. The average molecular weight is 312 g/mol. The van der Waals surface area contributed by atoms with Crippen LogP contribution >= 0.6 is 0 Å². The van der Waals surface area contributed by atoms with Gasteiger partial charge in [0.2, 0.25) is 0 Å². The second kappa shape index (κ2) is 8.49. The van der Waals surface area contributed by atoms with Crippen molar-refractivity contribution in [1.82, 2.24) is 5.32 Å². The van der Waals surface area contributed by atoms with Crippen molar-refractivity contribution >= 4 is 5.70 Å². The molecule has 0 spiro atoms. The predicted molar refractivity (Wildman–Crippen MR) is 95.6 cm³/mol. The van der Waals surface area contributed by atoms with Crippen LogP contribution in [0, 0.1) is 5.82 Å². The quantitative estimate of drug-likeness (QED) is 0.725. The van der Waals surface area contributed by atoms with Crippen molar-refractivity contribution in [3.05, 3.63) is 77.6 Å². The Bertz CT molecular complexity index is 617. The van der Waals surface area contributed by atoms with E-state index in [-0.39, 0.29) is 5.82 Å². The molecule has 0 fully saturated rings. The van der Waals surface area contributed by atoms with Crippen LogP contribution in [0.1, 0.15) is 30.0 Å². The van der Waals surface area contributed by atoms with Crippen LogP contribution in [0.15, 0.2) is 55.1 Å². The lowest BCUT2D eigenvalue weighted by atomic mass is 10.0. The number of rotatable bonds is 8. The maximum absolute atomic E-state index is 12.8. The van der Waals surface area contributed by atoms with Gasteiger partial charge in [0, 0.05) is 11.7 Å². The fourth-order valence-electron chi connectivity index (χ4n) is 2.57. The Morgan fingerprint density at radius 1 is 1.09 bits per heavy atom. The van der Waals surface area contributed by atoms with E-state index in [0.29, 0.717) is 11.7 Å². The van der Waals surface area contributed by atoms with E-state index >= 15 is 0 Å². The summed E-state index contributed by atoms with van der Waals surface area (Å²) in [6.07, 6.45) is 2.99. The number of aryl methyl sites for hydroxylation is 1. The molecular weight excluding hydrogens is 287 g/mol. The molecule has 2 aromatic rings. The third-order valence-electron chi connectivity index (χ3n) is 3.91. The van der Waals surface area contributed by atoms with E-state index in [9.17, 15) is 4.39 Å². The van der Waals surface area contributed by atoms with Crippen LogP contribution in [0.4, 0.5) is 4.39 Å². The molecule has 1 atom stereocenters. The van der Waals surface area contributed by atoms with Crippen LogP contribution in [0.5, 0.6) is 0 Å². The standard InChI is InChI=1S/C20H25FN2/c1-15(14-18-5-9-19(10-6-18)16(2)22)23-13-3-4-17-7-11-20(21)12-8-17/h5-12,15,23H,2-4,13-14,22H2,1H3. The second-order valence-corrected chi connectivity index (χ2v) is 6.01. The molecule has 0 saturated heterocycles. The average Bonchev–Trinajstić information content (AvgIpc) is 2.54. The van der Waals surface area contributed by atoms with Crippen molar-refractivity contribution in [2.75, 3.05) is 6.54 Å². The van der Waals surface area contributed by atoms with Crippen molar-refractivity contribution in [3.8, 4) is 0 Å². The maximum atomic E-state index is 12.8. The van der Waals surface area contributed by atoms with E-state index in [1.165, 1.54) is 23.3 Å². The molecule has 0 aliphatic carbocycles. The van der Waals surface area contributed by atoms with Crippen molar-refractivity contribution in [1.29, 1.82) is 0 Å². The second-order valence-electron chi connectivity index (χ2n) is 6.01. The summed E-state index contributed by atoms with van der Waals surface area (Å²) < 4.78 is 12.8. The molecule has 2 aromatic carbocycles. The van der Waals surface area contributed by atoms with Gasteiger partial charge in [-0.2, -0.15) is 0 Å². The molecule has 0 saturated carbocycles. The Hall–Kier alpha value is -2.13. The summed E-state index contributed by atoms with van der Waals surface area (Å²) in [7, 11) is 0. The molecule has 23 heavy (non-hydrogen) atoms. The summed E-state index contributed by atoms with van der Waals surface area (Å²) in [5, 5.41) is 3.53. The van der Waals surface area contributed by atoms with Crippen LogP contribution in [0.25, 0.3) is 5.70 Å². The van der Waals surface area contributed by atoms with Crippen LogP contribution in [0.3, 0.4) is 0 Å². The number of nitrogens with one attached hydrogen (secondary N) is 1. The first-order chi connectivity index (χ1) is 11.0. The lowest BCUT2D eigenvalue weighted by Crippen LogP contribution is -2.29. The molecule has 3 heteroatoms. The van der Waals surface area contributed by atoms with Gasteiger partial charge < -0.3 is 11.1 Å². The summed E-state index contributed by atoms with van der Waals surface area (Å²) in [6.45, 7) is 6.88. The highest BCUT2D eigenvalue weighted by molar-refractivity contribution is 5.60. The van der Waals surface area contributed by atoms with Crippen LogP contribution in [-0.4, -0.2) is 12.6 Å². The fourth-order valence-corrected chi connectivity index (χ4v) is 2.57. The van der Waals surface area contributed by atoms with E-state index in [0.717, 1.165) is 31.4 Å². The van der Waals surface area contributed by atoms with Gasteiger partial charge in [-0.15, -0.1) is 0 Å². The lowest BCUT2D eigenvalue weighted by molar-refractivity contribution is 0.534. The molecule has 0 aliphatic heterocycles. The molecule has 3 N–H and O–H groups in total. The Morgan fingerprint density at radius 2 is 1.70 bits per heavy atom. The minimum Gasteiger partial charge on any atom is -0.399 e. The molecule has 1 unspecified atom stereocenters. The molecule has 0 heterocycles. The molecule has 0 aromatic heterocycles. The third kappa shape index (κ3) is 5.87. The summed E-state index contributed by atoms with van der Waals surface area (Å²) in [5.74, 6) is -0.176. The van der Waals surface area contributed by atoms with Gasteiger partial charge in [-0.25, -0.2) is 4.39 Å². The highest BCUT2D eigenvalue weighted by Crippen LogP contribution is 2.11. The zero-order chi connectivity index (χ0) is 16.7. The van der Waals surface area contributed by atoms with Gasteiger partial charge in [0.15, 0.2) is 0 Å². The molecule has 0 aliphatic rings. The number of halogens is 1. The minimum absolute atomic E-state index is 0.176. The van der Waals surface area contributed by atoms with Gasteiger partial charge in [-0.05, 0) is 61.6 Å². The van der Waals surface area contributed by atoms with E-state index in [2.05, 4.69) is 31.0 Å². The smallest absolute Gasteiger partial charge is 0.123 e. The van der Waals surface area contributed by atoms with Gasteiger partial charge in [0.1, 0.15) is 5.82 Å². The first-order valence-electron chi connectivity index (χ1n) is 8.06. The fraction of sp³-hybridized carbons (Fsp3) is 0.300. The molecule has 122 valence electrons. The van der Waals surface area contributed by atoms with Crippen molar-refractivity contribution in [2.45, 2.75) is 32.2 Å². The van der Waals surface area contributed by atoms with E-state index < -0.39 is 0 Å². The third-order valence-corrected chi connectivity index (χ3v) is 3.91. The molecule has 2 nitrogen and oxygen atoms in total. The van der Waals surface area contributed by atoms with Gasteiger partial charge in [-0.3, -0.25) is 0 Å². The zero-order valence-electron chi connectivity index (χ0n) is 13.7. The maximum Gasteiger partial charge on any atom is 0.123 e. The highest BCUT2D eigenvalue weighted by Gasteiger charge is 2.03. The van der Waals surface area contributed by atoms with Crippen LogP contribution in [-0.2, 0) is 12.8 Å². The molecule has 0 radical (unpaired) electrons. The Labute approximate surface area is 138 Å². The van der Waals surface area contributed by atoms with E-state index in [1.54, 1.807) is 0 Å². The number of hydrogen-bond acceptors (Lipinski definition) is 2. The van der Waals surface area contributed by atoms with Gasteiger partial charge in [-0.1, -0.05) is 43.0 Å². The van der Waals surface area contributed by atoms with E-state index in [4.69, 9.17) is 5.73 Å². The summed E-state index contributed by atoms with van der Waals surface area (Å²) in [6, 6.07) is 15.4. The van der Waals surface area contributed by atoms with Gasteiger partial charge in [0.25, 0.3) is 0 Å². The zero-order valence-corrected chi connectivity index (χ0v) is 13.7. The highest BCUT2D eigenvalue weighted by atomic mass is 19.1. The summed E-state index contributed by atoms with van der Waals surface area (Å²) >= 11 is 0. The Balaban J connectivity index is 1.69. The Morgan fingerprint density at radius 3 is 2.30 bits per heavy atom.